The summed E-state index contributed by atoms with van der Waals surface area (Å²) < 4.78 is 6.11. The summed E-state index contributed by atoms with van der Waals surface area (Å²) in [6.45, 7) is 0.308. The van der Waals surface area contributed by atoms with E-state index in [0.29, 0.717) is 40.4 Å². The molecular formula is C29H25Cl2N5O3S. The zero-order valence-corrected chi connectivity index (χ0v) is 23.6. The van der Waals surface area contributed by atoms with E-state index in [-0.39, 0.29) is 11.7 Å². The Bertz CT molecular complexity index is 1620. The second kappa shape index (κ2) is 13.1. The molecule has 0 aliphatic carbocycles. The van der Waals surface area contributed by atoms with E-state index in [2.05, 4.69) is 25.6 Å². The number of ether oxygens (including phenoxy) is 1. The molecule has 40 heavy (non-hydrogen) atoms. The monoisotopic (exact) mass is 593 g/mol. The number of nitrogens with one attached hydrogen (secondary N) is 1. The van der Waals surface area contributed by atoms with Gasteiger partial charge in [-0.05, 0) is 76.9 Å². The predicted molar refractivity (Wildman–Crippen MR) is 158 cm³/mol. The van der Waals surface area contributed by atoms with Gasteiger partial charge in [0.15, 0.2) is 5.82 Å². The Morgan fingerprint density at radius 2 is 1.85 bits per heavy atom. The van der Waals surface area contributed by atoms with Crippen LogP contribution in [-0.2, 0) is 17.8 Å². The van der Waals surface area contributed by atoms with Gasteiger partial charge in [0.25, 0.3) is 0 Å². The molecule has 0 fully saturated rings. The number of nitrogens with zero attached hydrogens (tertiary/aromatic N) is 4. The van der Waals surface area contributed by atoms with Crippen molar-refractivity contribution in [1.82, 2.24) is 25.6 Å². The van der Waals surface area contributed by atoms with Gasteiger partial charge >= 0.3 is 5.97 Å². The summed E-state index contributed by atoms with van der Waals surface area (Å²) in [5.41, 5.74) is 4.56. The number of carboxylic acids is 1. The first-order chi connectivity index (χ1) is 19.4. The molecule has 1 atom stereocenters. The van der Waals surface area contributed by atoms with Crippen molar-refractivity contribution in [2.75, 3.05) is 5.75 Å². The number of carbonyl (C=O) groups is 1. The van der Waals surface area contributed by atoms with E-state index in [1.54, 1.807) is 11.8 Å². The summed E-state index contributed by atoms with van der Waals surface area (Å²) in [5.74, 6) is 0.945. The number of halogens is 2. The standard InChI is InChI=1S/C29H25Cl2N5O3S/c30-21-8-4-18(25(15-21)29-33-35-36-34-29)7-11-27(40-13-12-28(37)38)20-2-1-3-24(14-20)39-17-23-10-6-19-5-9-22(31)16-26(19)32-23/h1-6,8-10,14-16,27H,7,11-13,17H2,(H,37,38)(H,33,34,35,36). The van der Waals surface area contributed by atoms with Gasteiger partial charge in [0.1, 0.15) is 12.4 Å². The van der Waals surface area contributed by atoms with Crippen molar-refractivity contribution in [2.24, 2.45) is 0 Å². The van der Waals surface area contributed by atoms with Crippen LogP contribution in [0.2, 0.25) is 10.0 Å². The zero-order valence-electron chi connectivity index (χ0n) is 21.3. The third-order valence-corrected chi connectivity index (χ3v) is 8.13. The maximum absolute atomic E-state index is 11.2. The first kappa shape index (κ1) is 27.9. The Balaban J connectivity index is 1.32. The molecule has 5 rings (SSSR count). The van der Waals surface area contributed by atoms with Crippen LogP contribution in [0.15, 0.2) is 72.8 Å². The number of aryl methyl sites for hydroxylation is 1. The van der Waals surface area contributed by atoms with Crippen LogP contribution in [0.5, 0.6) is 5.75 Å². The Kier molecular flexibility index (Phi) is 9.15. The summed E-state index contributed by atoms with van der Waals surface area (Å²) in [7, 11) is 0. The topological polar surface area (TPSA) is 114 Å². The molecule has 2 aromatic heterocycles. The zero-order chi connectivity index (χ0) is 27.9. The second-order valence-corrected chi connectivity index (χ2v) is 11.3. The third-order valence-electron chi connectivity index (χ3n) is 6.31. The molecule has 2 N–H and O–H groups in total. The lowest BCUT2D eigenvalue weighted by Crippen LogP contribution is -2.04. The number of carboxylic acid groups (broad SMARTS) is 1. The molecule has 5 aromatic rings. The van der Waals surface area contributed by atoms with Crippen LogP contribution in [-0.4, -0.2) is 42.4 Å². The number of thioether (sulfide) groups is 1. The number of rotatable bonds is 12. The minimum Gasteiger partial charge on any atom is -0.487 e. The highest BCUT2D eigenvalue weighted by Gasteiger charge is 2.17. The number of H-pyrrole nitrogens is 1. The molecule has 0 aliphatic heterocycles. The Morgan fingerprint density at radius 1 is 1.02 bits per heavy atom. The average Bonchev–Trinajstić information content (AvgIpc) is 3.49. The van der Waals surface area contributed by atoms with Crippen molar-refractivity contribution in [2.45, 2.75) is 31.1 Å². The molecule has 204 valence electrons. The Labute approximate surface area is 245 Å². The van der Waals surface area contributed by atoms with Crippen LogP contribution in [0.4, 0.5) is 0 Å². The first-order valence-corrected chi connectivity index (χ1v) is 14.4. The van der Waals surface area contributed by atoms with Crippen LogP contribution in [0, 0.1) is 0 Å². The van der Waals surface area contributed by atoms with Crippen LogP contribution in [0.1, 0.15) is 34.9 Å². The van der Waals surface area contributed by atoms with Gasteiger partial charge < -0.3 is 9.84 Å². The van der Waals surface area contributed by atoms with E-state index in [1.807, 2.05) is 72.8 Å². The van der Waals surface area contributed by atoms with E-state index in [0.717, 1.165) is 39.7 Å². The third kappa shape index (κ3) is 7.29. The van der Waals surface area contributed by atoms with E-state index in [9.17, 15) is 9.90 Å². The van der Waals surface area contributed by atoms with Gasteiger partial charge in [-0.15, -0.1) is 5.10 Å². The maximum atomic E-state index is 11.2. The van der Waals surface area contributed by atoms with E-state index in [4.69, 9.17) is 27.9 Å². The highest BCUT2D eigenvalue weighted by atomic mass is 35.5. The highest BCUT2D eigenvalue weighted by Crippen LogP contribution is 2.37. The summed E-state index contributed by atoms with van der Waals surface area (Å²) in [4.78, 5) is 15.9. The van der Waals surface area contributed by atoms with E-state index in [1.165, 1.54) is 0 Å². The summed E-state index contributed by atoms with van der Waals surface area (Å²) in [6.07, 6.45) is 1.56. The SMILES string of the molecule is O=C(O)CCSC(CCc1ccc(Cl)cc1-c1nnn[nH]1)c1cccc(OCc2ccc3ccc(Cl)cc3n2)c1. The van der Waals surface area contributed by atoms with Gasteiger partial charge in [0.05, 0.1) is 17.6 Å². The van der Waals surface area contributed by atoms with Crippen molar-refractivity contribution < 1.29 is 14.6 Å². The highest BCUT2D eigenvalue weighted by molar-refractivity contribution is 7.99. The van der Waals surface area contributed by atoms with Crippen molar-refractivity contribution >= 4 is 51.8 Å². The number of aromatic amines is 1. The van der Waals surface area contributed by atoms with Crippen molar-refractivity contribution in [3.63, 3.8) is 0 Å². The number of hydrogen-bond acceptors (Lipinski definition) is 7. The van der Waals surface area contributed by atoms with Crippen LogP contribution in [0.3, 0.4) is 0 Å². The molecule has 2 heterocycles. The molecule has 0 amide bonds. The molecule has 8 nitrogen and oxygen atoms in total. The second-order valence-electron chi connectivity index (χ2n) is 9.09. The molecule has 3 aromatic carbocycles. The quantitative estimate of drug-likeness (QED) is 0.156. The lowest BCUT2D eigenvalue weighted by atomic mass is 9.99. The van der Waals surface area contributed by atoms with Gasteiger partial charge in [0.2, 0.25) is 0 Å². The number of hydrogen-bond donors (Lipinski definition) is 2. The largest absolute Gasteiger partial charge is 0.487 e. The summed E-state index contributed by atoms with van der Waals surface area (Å²) >= 11 is 14.0. The molecule has 11 heteroatoms. The fourth-order valence-electron chi connectivity index (χ4n) is 4.36. The van der Waals surface area contributed by atoms with Gasteiger partial charge in [0, 0.05) is 32.0 Å². The molecule has 0 aliphatic rings. The first-order valence-electron chi connectivity index (χ1n) is 12.6. The lowest BCUT2D eigenvalue weighted by molar-refractivity contribution is -0.136. The number of aromatic nitrogens is 5. The number of benzene rings is 3. The van der Waals surface area contributed by atoms with Crippen molar-refractivity contribution in [3.05, 3.63) is 99.7 Å². The molecule has 0 saturated carbocycles. The fraction of sp³-hybridized carbons (Fsp3) is 0.207. The smallest absolute Gasteiger partial charge is 0.304 e. The molecule has 0 spiro atoms. The van der Waals surface area contributed by atoms with Gasteiger partial charge in [-0.25, -0.2) is 10.1 Å². The fourth-order valence-corrected chi connectivity index (χ4v) is 5.90. The molecule has 0 saturated heterocycles. The number of aliphatic carboxylic acids is 1. The summed E-state index contributed by atoms with van der Waals surface area (Å²) in [6, 6.07) is 23.2. The van der Waals surface area contributed by atoms with Gasteiger partial charge in [-0.3, -0.25) is 4.79 Å². The molecular weight excluding hydrogens is 569 g/mol. The van der Waals surface area contributed by atoms with Crippen LogP contribution < -0.4 is 4.74 Å². The van der Waals surface area contributed by atoms with Gasteiger partial charge in [-0.2, -0.15) is 11.8 Å². The minimum atomic E-state index is -0.815. The Hall–Kier alpha value is -3.66. The predicted octanol–water partition coefficient (Wildman–Crippen LogP) is 7.18. The minimum absolute atomic E-state index is 0.0419. The maximum Gasteiger partial charge on any atom is 0.304 e. The van der Waals surface area contributed by atoms with Gasteiger partial charge in [-0.1, -0.05) is 53.5 Å². The lowest BCUT2D eigenvalue weighted by Gasteiger charge is -2.19. The molecule has 1 unspecified atom stereocenters. The Morgan fingerprint density at radius 3 is 2.67 bits per heavy atom. The molecule has 0 bridgehead atoms. The number of pyridine rings is 1. The van der Waals surface area contributed by atoms with Crippen molar-refractivity contribution in [1.29, 1.82) is 0 Å². The average molecular weight is 595 g/mol. The number of fused-ring (bicyclic) bond motifs is 1. The van der Waals surface area contributed by atoms with Crippen LogP contribution in [0.25, 0.3) is 22.3 Å². The van der Waals surface area contributed by atoms with Crippen LogP contribution >= 0.6 is 35.0 Å². The molecule has 0 radical (unpaired) electrons. The normalized spacial score (nSPS) is 11.9. The van der Waals surface area contributed by atoms with E-state index >= 15 is 0 Å². The summed E-state index contributed by atoms with van der Waals surface area (Å²) in [5, 5.41) is 25.7. The number of tetrazole rings is 1. The van der Waals surface area contributed by atoms with Crippen molar-refractivity contribution in [3.8, 4) is 17.1 Å². The van der Waals surface area contributed by atoms with E-state index < -0.39 is 5.97 Å².